The minimum absolute atomic E-state index is 0.0954. The number of nitrogens with two attached hydrogens (primary N) is 1. The van der Waals surface area contributed by atoms with Gasteiger partial charge in [-0.05, 0) is 49.1 Å². The van der Waals surface area contributed by atoms with Gasteiger partial charge >= 0.3 is 0 Å². The first-order valence-electron chi connectivity index (χ1n) is 9.37. The van der Waals surface area contributed by atoms with Crippen LogP contribution in [0.1, 0.15) is 68.0 Å². The molecule has 25 heavy (non-hydrogen) atoms. The molecule has 1 aliphatic rings. The van der Waals surface area contributed by atoms with Crippen LogP contribution in [0.2, 0.25) is 0 Å². The lowest BCUT2D eigenvalue weighted by Crippen LogP contribution is -2.92. The van der Waals surface area contributed by atoms with Crippen LogP contribution in [0, 0.1) is 0 Å². The molecule has 1 aliphatic carbocycles. The highest BCUT2D eigenvalue weighted by Crippen LogP contribution is 2.26. The van der Waals surface area contributed by atoms with Crippen molar-refractivity contribution in [2.24, 2.45) is 0 Å². The first-order valence-corrected chi connectivity index (χ1v) is 10.2. The third kappa shape index (κ3) is 4.71. The van der Waals surface area contributed by atoms with E-state index >= 15 is 0 Å². The third-order valence-electron chi connectivity index (χ3n) is 5.15. The van der Waals surface area contributed by atoms with Crippen molar-refractivity contribution >= 4 is 17.2 Å². The molecule has 2 aromatic rings. The molecule has 1 fully saturated rings. The van der Waals surface area contributed by atoms with E-state index in [2.05, 4.69) is 66.3 Å². The largest absolute Gasteiger partial charge is 0.348 e. The number of rotatable bonds is 8. The molecule has 0 unspecified atom stereocenters. The second kappa shape index (κ2) is 8.15. The van der Waals surface area contributed by atoms with Crippen molar-refractivity contribution in [1.29, 1.82) is 0 Å². The molecule has 3 nitrogen and oxygen atoms in total. The number of carbonyl (C=O) groups is 1. The van der Waals surface area contributed by atoms with E-state index < -0.39 is 0 Å². The molecule has 3 rings (SSSR count). The van der Waals surface area contributed by atoms with Crippen molar-refractivity contribution in [3.8, 4) is 0 Å². The summed E-state index contributed by atoms with van der Waals surface area (Å²) in [4.78, 5) is 13.7. The predicted octanol–water partition coefficient (Wildman–Crippen LogP) is 3.58. The maximum atomic E-state index is 12.4. The van der Waals surface area contributed by atoms with Crippen LogP contribution in [0.4, 0.5) is 0 Å². The van der Waals surface area contributed by atoms with Crippen LogP contribution in [-0.4, -0.2) is 18.0 Å². The Morgan fingerprint density at radius 1 is 1.20 bits per heavy atom. The molecule has 0 saturated heterocycles. The van der Waals surface area contributed by atoms with Crippen molar-refractivity contribution in [2.75, 3.05) is 0 Å². The quantitative estimate of drug-likeness (QED) is 0.745. The van der Waals surface area contributed by atoms with Crippen LogP contribution < -0.4 is 10.6 Å². The van der Waals surface area contributed by atoms with Crippen LogP contribution in [0.3, 0.4) is 0 Å². The zero-order valence-electron chi connectivity index (χ0n) is 15.4. The molecule has 4 heteroatoms. The fourth-order valence-corrected chi connectivity index (χ4v) is 3.88. The number of amides is 1. The Morgan fingerprint density at radius 2 is 1.88 bits per heavy atom. The summed E-state index contributed by atoms with van der Waals surface area (Å²) >= 11 is 1.76. The maximum absolute atomic E-state index is 12.4. The van der Waals surface area contributed by atoms with E-state index in [1.54, 1.807) is 11.3 Å². The van der Waals surface area contributed by atoms with Gasteiger partial charge < -0.3 is 10.6 Å². The molecule has 1 saturated carbocycles. The van der Waals surface area contributed by atoms with Crippen LogP contribution >= 0.6 is 11.3 Å². The van der Waals surface area contributed by atoms with E-state index in [0.29, 0.717) is 12.0 Å². The lowest BCUT2D eigenvalue weighted by atomic mass is 9.95. The molecular weight excluding hydrogens is 328 g/mol. The molecule has 0 radical (unpaired) electrons. The van der Waals surface area contributed by atoms with E-state index in [9.17, 15) is 4.79 Å². The van der Waals surface area contributed by atoms with Crippen LogP contribution in [0.15, 0.2) is 41.8 Å². The number of carbonyl (C=O) groups excluding carboxylic acids is 1. The zero-order valence-corrected chi connectivity index (χ0v) is 16.2. The van der Waals surface area contributed by atoms with Gasteiger partial charge in [0.2, 0.25) is 0 Å². The van der Waals surface area contributed by atoms with E-state index in [4.69, 9.17) is 0 Å². The topological polar surface area (TPSA) is 45.7 Å². The van der Waals surface area contributed by atoms with Crippen LogP contribution in [-0.2, 0) is 4.79 Å². The highest BCUT2D eigenvalue weighted by molar-refractivity contribution is 7.10. The zero-order chi connectivity index (χ0) is 17.8. The SMILES string of the molecule is CC[C@@H](C)c1ccc([C@@H]([NH2+][C@@H](C)C(=O)NC2CC2)c2cccs2)cc1. The Hall–Kier alpha value is -1.65. The van der Waals surface area contributed by atoms with Gasteiger partial charge in [0.25, 0.3) is 5.91 Å². The molecule has 3 N–H and O–H groups in total. The lowest BCUT2D eigenvalue weighted by Gasteiger charge is -2.20. The summed E-state index contributed by atoms with van der Waals surface area (Å²) in [6.45, 7) is 6.50. The van der Waals surface area contributed by atoms with Gasteiger partial charge in [0.1, 0.15) is 6.04 Å². The molecule has 0 spiro atoms. The van der Waals surface area contributed by atoms with Gasteiger partial charge in [-0.3, -0.25) is 4.79 Å². The normalized spacial score (nSPS) is 17.7. The van der Waals surface area contributed by atoms with Gasteiger partial charge in [-0.2, -0.15) is 0 Å². The summed E-state index contributed by atoms with van der Waals surface area (Å²) in [6.07, 6.45) is 3.41. The molecule has 1 aromatic heterocycles. The molecule has 0 aliphatic heterocycles. The fourth-order valence-electron chi connectivity index (χ4n) is 3.04. The first kappa shape index (κ1) is 18.2. The van der Waals surface area contributed by atoms with Crippen molar-refractivity contribution in [2.45, 2.75) is 64.1 Å². The molecular formula is C21H29N2OS+. The minimum Gasteiger partial charge on any atom is -0.348 e. The van der Waals surface area contributed by atoms with E-state index in [0.717, 1.165) is 19.3 Å². The average molecular weight is 358 g/mol. The molecule has 0 bridgehead atoms. The van der Waals surface area contributed by atoms with Gasteiger partial charge in [-0.15, -0.1) is 11.3 Å². The number of nitrogens with one attached hydrogen (secondary N) is 1. The number of thiophene rings is 1. The summed E-state index contributed by atoms with van der Waals surface area (Å²) in [5.41, 5.74) is 2.65. The Kier molecular flexibility index (Phi) is 5.92. The predicted molar refractivity (Wildman–Crippen MR) is 104 cm³/mol. The monoisotopic (exact) mass is 357 g/mol. The standard InChI is InChI=1S/C21H28N2OS/c1-4-14(2)16-7-9-17(10-8-16)20(19-6-5-13-25-19)22-15(3)21(24)23-18-11-12-18/h5-10,13-15,18,20,22H,4,11-12H2,1-3H3,(H,23,24)/p+1/t14-,15+,20-/m1/s1. The van der Waals surface area contributed by atoms with Gasteiger partial charge in [0.05, 0.1) is 4.88 Å². The van der Waals surface area contributed by atoms with Gasteiger partial charge in [0.15, 0.2) is 6.04 Å². The van der Waals surface area contributed by atoms with Gasteiger partial charge in [0, 0.05) is 11.6 Å². The number of hydrogen-bond acceptors (Lipinski definition) is 2. The maximum Gasteiger partial charge on any atom is 0.278 e. The fraction of sp³-hybridized carbons (Fsp3) is 0.476. The van der Waals surface area contributed by atoms with Crippen molar-refractivity contribution in [3.63, 3.8) is 0 Å². The lowest BCUT2D eigenvalue weighted by molar-refractivity contribution is -0.704. The Balaban J connectivity index is 1.76. The number of benzene rings is 1. The highest BCUT2D eigenvalue weighted by Gasteiger charge is 2.30. The molecule has 134 valence electrons. The second-order valence-corrected chi connectivity index (χ2v) is 8.21. The summed E-state index contributed by atoms with van der Waals surface area (Å²) < 4.78 is 0. The first-order chi connectivity index (χ1) is 12.1. The van der Waals surface area contributed by atoms with E-state index in [1.807, 2.05) is 6.92 Å². The Bertz CT molecular complexity index is 676. The van der Waals surface area contributed by atoms with Crippen LogP contribution in [0.5, 0.6) is 0 Å². The van der Waals surface area contributed by atoms with Crippen molar-refractivity contribution in [1.82, 2.24) is 5.32 Å². The van der Waals surface area contributed by atoms with Gasteiger partial charge in [-0.1, -0.05) is 44.2 Å². The second-order valence-electron chi connectivity index (χ2n) is 7.23. The molecule has 1 amide bonds. The Morgan fingerprint density at radius 3 is 2.44 bits per heavy atom. The number of hydrogen-bond donors (Lipinski definition) is 2. The molecule has 3 atom stereocenters. The van der Waals surface area contributed by atoms with E-state index in [1.165, 1.54) is 16.0 Å². The molecule has 1 aromatic carbocycles. The third-order valence-corrected chi connectivity index (χ3v) is 6.10. The minimum atomic E-state index is -0.0954. The summed E-state index contributed by atoms with van der Waals surface area (Å²) in [6, 6.07) is 13.7. The molecule has 1 heterocycles. The average Bonchev–Trinajstić information content (AvgIpc) is 3.28. The van der Waals surface area contributed by atoms with Crippen LogP contribution in [0.25, 0.3) is 0 Å². The van der Waals surface area contributed by atoms with Crippen molar-refractivity contribution < 1.29 is 10.1 Å². The van der Waals surface area contributed by atoms with Gasteiger partial charge in [-0.25, -0.2) is 0 Å². The highest BCUT2D eigenvalue weighted by atomic mass is 32.1. The van der Waals surface area contributed by atoms with Crippen molar-refractivity contribution in [3.05, 3.63) is 57.8 Å². The van der Waals surface area contributed by atoms with E-state index in [-0.39, 0.29) is 18.0 Å². The smallest absolute Gasteiger partial charge is 0.278 e. The number of quaternary nitrogens is 1. The Labute approximate surface area is 154 Å². The summed E-state index contributed by atoms with van der Waals surface area (Å²) in [7, 11) is 0. The summed E-state index contributed by atoms with van der Waals surface area (Å²) in [5, 5.41) is 7.43. The summed E-state index contributed by atoms with van der Waals surface area (Å²) in [5.74, 6) is 0.738.